The second kappa shape index (κ2) is 4.51. The molecule has 0 unspecified atom stereocenters. The summed E-state index contributed by atoms with van der Waals surface area (Å²) in [5, 5.41) is 15.1. The second-order valence-electron chi connectivity index (χ2n) is 3.76. The molecule has 104 valence electrons. The van der Waals surface area contributed by atoms with Crippen molar-refractivity contribution in [3.63, 3.8) is 0 Å². The fourth-order valence-electron chi connectivity index (χ4n) is 1.66. The number of anilines is 1. The Morgan fingerprint density at radius 1 is 1.25 bits per heavy atom. The van der Waals surface area contributed by atoms with Gasteiger partial charge in [-0.15, -0.1) is 10.2 Å². The molecule has 1 aliphatic heterocycles. The van der Waals surface area contributed by atoms with Crippen LogP contribution in [-0.4, -0.2) is 30.0 Å². The average molecular weight is 297 g/mol. The topological polar surface area (TPSA) is 159 Å². The Morgan fingerprint density at radius 3 is 2.45 bits per heavy atom. The highest BCUT2D eigenvalue weighted by molar-refractivity contribution is 7.86. The molecule has 1 aliphatic rings. The zero-order valence-electron chi connectivity index (χ0n) is 9.64. The molecular formula is C10H7N3O6S. The van der Waals surface area contributed by atoms with Crippen LogP contribution in [0.25, 0.3) is 5.57 Å². The van der Waals surface area contributed by atoms with Crippen LogP contribution in [0.2, 0.25) is 0 Å². The summed E-state index contributed by atoms with van der Waals surface area (Å²) in [5.41, 5.74) is 3.94. The van der Waals surface area contributed by atoms with Crippen LogP contribution in [0.3, 0.4) is 0 Å². The molecule has 1 aromatic rings. The molecule has 0 aliphatic carbocycles. The summed E-state index contributed by atoms with van der Waals surface area (Å²) in [6.45, 7) is 0. The van der Waals surface area contributed by atoms with Gasteiger partial charge in [0.2, 0.25) is 0 Å². The van der Waals surface area contributed by atoms with Crippen molar-refractivity contribution in [3.05, 3.63) is 29.5 Å². The number of hydrogen-bond acceptors (Lipinski definition) is 6. The number of aliphatic carboxylic acids is 1. The number of carboxylic acid groups (broad SMARTS) is 1. The highest BCUT2D eigenvalue weighted by atomic mass is 32.2. The molecule has 0 aromatic heterocycles. The van der Waals surface area contributed by atoms with Gasteiger partial charge in [0.1, 0.15) is 4.90 Å². The predicted molar refractivity (Wildman–Crippen MR) is 65.1 cm³/mol. The predicted octanol–water partition coefficient (Wildman–Crippen LogP) is 0.304. The van der Waals surface area contributed by atoms with E-state index in [2.05, 4.69) is 10.2 Å². The van der Waals surface area contributed by atoms with Gasteiger partial charge in [-0.25, -0.2) is 4.79 Å². The fourth-order valence-corrected chi connectivity index (χ4v) is 2.34. The number of carbonyl (C=O) groups is 2. The Bertz CT molecular complexity index is 793. The van der Waals surface area contributed by atoms with Crippen LogP contribution in [0.5, 0.6) is 0 Å². The zero-order valence-corrected chi connectivity index (χ0v) is 10.5. The lowest BCUT2D eigenvalue weighted by Crippen LogP contribution is -2.09. The first-order valence-corrected chi connectivity index (χ1v) is 6.47. The van der Waals surface area contributed by atoms with Crippen LogP contribution >= 0.6 is 0 Å². The maximum atomic E-state index is 11.6. The first-order chi connectivity index (χ1) is 9.21. The van der Waals surface area contributed by atoms with Gasteiger partial charge in [0, 0.05) is 11.3 Å². The molecule has 1 heterocycles. The zero-order chi connectivity index (χ0) is 15.1. The third kappa shape index (κ3) is 2.29. The smallest absolute Gasteiger partial charge is 0.357 e. The molecule has 0 bridgehead atoms. The van der Waals surface area contributed by atoms with Gasteiger partial charge >= 0.3 is 5.97 Å². The highest BCUT2D eigenvalue weighted by Crippen LogP contribution is 2.32. The van der Waals surface area contributed by atoms with E-state index in [4.69, 9.17) is 15.4 Å². The van der Waals surface area contributed by atoms with Gasteiger partial charge in [-0.2, -0.15) is 8.42 Å². The van der Waals surface area contributed by atoms with E-state index in [9.17, 15) is 18.0 Å². The largest absolute Gasteiger partial charge is 0.476 e. The number of rotatable bonds is 3. The molecule has 0 fully saturated rings. The Balaban J connectivity index is 2.82. The van der Waals surface area contributed by atoms with Gasteiger partial charge in [0.05, 0.1) is 5.57 Å². The summed E-state index contributed by atoms with van der Waals surface area (Å²) in [7, 11) is -4.68. The molecule has 0 spiro atoms. The van der Waals surface area contributed by atoms with E-state index in [0.29, 0.717) is 0 Å². The van der Waals surface area contributed by atoms with Crippen molar-refractivity contribution >= 4 is 33.3 Å². The van der Waals surface area contributed by atoms with Crippen LogP contribution in [0.4, 0.5) is 5.69 Å². The summed E-state index contributed by atoms with van der Waals surface area (Å²) in [6.07, 6.45) is 0. The van der Waals surface area contributed by atoms with E-state index >= 15 is 0 Å². The van der Waals surface area contributed by atoms with Gasteiger partial charge in [-0.1, -0.05) is 0 Å². The van der Waals surface area contributed by atoms with E-state index in [1.807, 2.05) is 0 Å². The minimum Gasteiger partial charge on any atom is -0.476 e. The standard InChI is InChI=1S/C10H7N3O6S/c11-4-1-2-6(20(17,18)19)5(3-4)7-8(10(15)16)12-13-9(7)14/h1-3H,11H2,(H,15,16)(H,17,18,19). The van der Waals surface area contributed by atoms with E-state index in [-0.39, 0.29) is 11.3 Å². The molecule has 1 aromatic carbocycles. The fraction of sp³-hybridized carbons (Fsp3) is 0. The van der Waals surface area contributed by atoms with Crippen LogP contribution in [-0.2, 0) is 19.7 Å². The van der Waals surface area contributed by atoms with Crippen LogP contribution in [0.15, 0.2) is 39.0 Å². The van der Waals surface area contributed by atoms with Gasteiger partial charge < -0.3 is 10.8 Å². The van der Waals surface area contributed by atoms with Crippen molar-refractivity contribution < 1.29 is 27.7 Å². The molecule has 10 heteroatoms. The number of carboxylic acids is 1. The van der Waals surface area contributed by atoms with Crippen molar-refractivity contribution in [1.29, 1.82) is 0 Å². The van der Waals surface area contributed by atoms with Crippen molar-refractivity contribution in [3.8, 4) is 0 Å². The number of azo groups is 1. The molecule has 4 N–H and O–H groups in total. The van der Waals surface area contributed by atoms with Gasteiger partial charge in [-0.3, -0.25) is 9.35 Å². The summed E-state index contributed by atoms with van der Waals surface area (Å²) >= 11 is 0. The maximum absolute atomic E-state index is 11.6. The lowest BCUT2D eigenvalue weighted by Gasteiger charge is -2.08. The van der Waals surface area contributed by atoms with Crippen molar-refractivity contribution in [2.24, 2.45) is 10.2 Å². The summed E-state index contributed by atoms with van der Waals surface area (Å²) < 4.78 is 31.7. The molecular weight excluding hydrogens is 290 g/mol. The minimum atomic E-state index is -4.68. The Morgan fingerprint density at radius 2 is 1.90 bits per heavy atom. The van der Waals surface area contributed by atoms with Crippen molar-refractivity contribution in [1.82, 2.24) is 0 Å². The number of benzene rings is 1. The maximum Gasteiger partial charge on any atom is 0.357 e. The molecule has 0 atom stereocenters. The summed E-state index contributed by atoms with van der Waals surface area (Å²) in [5.74, 6) is -2.59. The van der Waals surface area contributed by atoms with Crippen molar-refractivity contribution in [2.45, 2.75) is 4.90 Å². The van der Waals surface area contributed by atoms with Gasteiger partial charge in [-0.05, 0) is 18.2 Å². The monoisotopic (exact) mass is 297 g/mol. The number of nitrogens with zero attached hydrogens (tertiary/aromatic N) is 2. The Kier molecular flexibility index (Phi) is 3.12. The van der Waals surface area contributed by atoms with E-state index < -0.39 is 38.2 Å². The van der Waals surface area contributed by atoms with E-state index in [1.165, 1.54) is 6.07 Å². The molecule has 0 radical (unpaired) electrons. The normalized spacial score (nSPS) is 14.9. The summed E-state index contributed by atoms with van der Waals surface area (Å²) in [4.78, 5) is 21.9. The summed E-state index contributed by atoms with van der Waals surface area (Å²) in [6, 6.07) is 3.19. The van der Waals surface area contributed by atoms with E-state index in [0.717, 1.165) is 12.1 Å². The molecule has 20 heavy (non-hydrogen) atoms. The highest BCUT2D eigenvalue weighted by Gasteiger charge is 2.31. The first kappa shape index (κ1) is 13.8. The molecule has 0 saturated heterocycles. The number of amides is 1. The lowest BCUT2D eigenvalue weighted by molar-refractivity contribution is -0.132. The minimum absolute atomic E-state index is 0.0735. The number of hydrogen-bond donors (Lipinski definition) is 3. The third-order valence-corrected chi connectivity index (χ3v) is 3.36. The third-order valence-electron chi connectivity index (χ3n) is 2.44. The van der Waals surface area contributed by atoms with Crippen LogP contribution < -0.4 is 5.73 Å². The van der Waals surface area contributed by atoms with Crippen LogP contribution in [0, 0.1) is 0 Å². The van der Waals surface area contributed by atoms with E-state index in [1.54, 1.807) is 0 Å². The lowest BCUT2D eigenvalue weighted by atomic mass is 10.0. The Labute approximate surface area is 112 Å². The Hall–Kier alpha value is -2.59. The molecule has 9 nitrogen and oxygen atoms in total. The number of nitrogen functional groups attached to an aromatic ring is 1. The molecule has 1 amide bonds. The quantitative estimate of drug-likeness (QED) is 0.534. The average Bonchev–Trinajstić information content (AvgIpc) is 2.69. The SMILES string of the molecule is Nc1ccc(S(=O)(=O)O)c(C2=C(C(=O)O)N=NC2=O)c1. The second-order valence-corrected chi connectivity index (χ2v) is 5.15. The first-order valence-electron chi connectivity index (χ1n) is 5.03. The number of carbonyl (C=O) groups excluding carboxylic acids is 1. The van der Waals surface area contributed by atoms with Gasteiger partial charge in [0.25, 0.3) is 16.0 Å². The van der Waals surface area contributed by atoms with Crippen molar-refractivity contribution in [2.75, 3.05) is 5.73 Å². The van der Waals surface area contributed by atoms with Crippen LogP contribution in [0.1, 0.15) is 5.56 Å². The number of nitrogens with two attached hydrogens (primary N) is 1. The molecule has 0 saturated carbocycles. The van der Waals surface area contributed by atoms with Gasteiger partial charge in [0.15, 0.2) is 5.70 Å². The molecule has 2 rings (SSSR count).